The fourth-order valence-corrected chi connectivity index (χ4v) is 4.42. The molecule has 0 atom stereocenters. The second-order valence-corrected chi connectivity index (χ2v) is 10.0. The second-order valence-electron chi connectivity index (χ2n) is 8.01. The molecule has 1 aliphatic heterocycles. The number of hydrogen-bond acceptors (Lipinski definition) is 8. The van der Waals surface area contributed by atoms with Gasteiger partial charge < -0.3 is 15.1 Å². The predicted octanol–water partition coefficient (Wildman–Crippen LogP) is 2.42. The summed E-state index contributed by atoms with van der Waals surface area (Å²) in [7, 11) is -3.40. The minimum atomic E-state index is -5.25. The molecular weight excluding hydrogens is 499 g/mol. The summed E-state index contributed by atoms with van der Waals surface area (Å²) in [6.07, 6.45) is -2.76. The minimum absolute atomic E-state index is 0.0396. The van der Waals surface area contributed by atoms with Crippen molar-refractivity contribution in [1.29, 1.82) is 5.26 Å². The van der Waals surface area contributed by atoms with Crippen molar-refractivity contribution in [1.82, 2.24) is 15.0 Å². The molecule has 188 valence electrons. The van der Waals surface area contributed by atoms with E-state index in [0.29, 0.717) is 43.0 Å². The molecule has 1 aliphatic rings. The molecule has 0 radical (unpaired) electrons. The van der Waals surface area contributed by atoms with Crippen molar-refractivity contribution in [2.24, 2.45) is 0 Å². The molecule has 0 unspecified atom stereocenters. The number of carbonyl (C=O) groups excluding carboxylic acids is 1. The van der Waals surface area contributed by atoms with Crippen LogP contribution in [0.2, 0.25) is 0 Å². The van der Waals surface area contributed by atoms with Gasteiger partial charge in [0.25, 0.3) is 0 Å². The number of pyridine rings is 1. The first-order valence-electron chi connectivity index (χ1n) is 10.7. The fourth-order valence-electron chi connectivity index (χ4n) is 3.79. The van der Waals surface area contributed by atoms with Crippen LogP contribution in [0.1, 0.15) is 5.56 Å². The maximum absolute atomic E-state index is 13.1. The van der Waals surface area contributed by atoms with Crippen LogP contribution < -0.4 is 15.1 Å². The second kappa shape index (κ2) is 9.63. The van der Waals surface area contributed by atoms with E-state index in [0.717, 1.165) is 11.0 Å². The van der Waals surface area contributed by atoms with E-state index in [9.17, 15) is 31.6 Å². The first-order chi connectivity index (χ1) is 17.0. The van der Waals surface area contributed by atoms with E-state index >= 15 is 0 Å². The van der Waals surface area contributed by atoms with Crippen LogP contribution in [0.4, 0.5) is 19.0 Å². The Bertz CT molecular complexity index is 1440. The van der Waals surface area contributed by atoms with Crippen LogP contribution >= 0.6 is 0 Å². The van der Waals surface area contributed by atoms with Gasteiger partial charge in [0.2, 0.25) is 0 Å². The van der Waals surface area contributed by atoms with Crippen molar-refractivity contribution in [3.05, 3.63) is 54.2 Å². The summed E-state index contributed by atoms with van der Waals surface area (Å²) in [6.45, 7) is 1.83. The van der Waals surface area contributed by atoms with E-state index in [1.54, 1.807) is 23.1 Å². The van der Waals surface area contributed by atoms with Crippen molar-refractivity contribution < 1.29 is 31.2 Å². The molecule has 0 bridgehead atoms. The van der Waals surface area contributed by atoms with Gasteiger partial charge in [-0.3, -0.25) is 4.98 Å². The molecule has 9 nitrogen and oxygen atoms in total. The molecule has 1 N–H and O–H groups in total. The third kappa shape index (κ3) is 5.19. The standard InChI is InChI=1S/C23H20F3N5O4S/c1-36(33,34)18-4-2-15(3-5-18)19-12-16(6-7-29-19)20-13-17(14-27)21(30-10-8-28-9-11-30)31(20)35-22(32)23(24,25)26/h2-7,12-13,28H,8-11H2,1H3. The normalized spacial score (nSPS) is 14.4. The summed E-state index contributed by atoms with van der Waals surface area (Å²) in [5.74, 6) is -2.38. The highest BCUT2D eigenvalue weighted by atomic mass is 32.2. The Kier molecular flexibility index (Phi) is 6.75. The van der Waals surface area contributed by atoms with Gasteiger partial charge in [-0.15, -0.1) is 0 Å². The van der Waals surface area contributed by atoms with Crippen LogP contribution in [0.3, 0.4) is 0 Å². The van der Waals surface area contributed by atoms with Crippen LogP contribution in [-0.2, 0) is 14.6 Å². The van der Waals surface area contributed by atoms with Crippen molar-refractivity contribution in [2.75, 3.05) is 37.3 Å². The SMILES string of the molecule is CS(=O)(=O)c1ccc(-c2cc(-c3cc(C#N)c(N4CCNCC4)n3OC(=O)C(F)(F)F)ccn2)cc1. The molecule has 2 aromatic heterocycles. The molecule has 0 amide bonds. The van der Waals surface area contributed by atoms with Gasteiger partial charge in [0, 0.05) is 49.8 Å². The summed E-state index contributed by atoms with van der Waals surface area (Å²) in [6, 6.07) is 12.3. The number of benzene rings is 1. The number of nitrogens with one attached hydrogen (secondary N) is 1. The van der Waals surface area contributed by atoms with Gasteiger partial charge >= 0.3 is 12.1 Å². The average molecular weight is 520 g/mol. The zero-order valence-electron chi connectivity index (χ0n) is 18.9. The van der Waals surface area contributed by atoms with E-state index < -0.39 is 22.0 Å². The van der Waals surface area contributed by atoms with Crippen molar-refractivity contribution in [2.45, 2.75) is 11.1 Å². The average Bonchev–Trinajstić information content (AvgIpc) is 3.22. The highest BCUT2D eigenvalue weighted by Crippen LogP contribution is 2.33. The van der Waals surface area contributed by atoms with Crippen LogP contribution in [-0.4, -0.2) is 62.7 Å². The molecule has 0 saturated carbocycles. The van der Waals surface area contributed by atoms with E-state index in [1.165, 1.54) is 30.5 Å². The minimum Gasteiger partial charge on any atom is -0.352 e. The van der Waals surface area contributed by atoms with Gasteiger partial charge in [0.15, 0.2) is 15.7 Å². The molecular formula is C23H20F3N5O4S. The zero-order valence-corrected chi connectivity index (χ0v) is 19.7. The molecule has 1 fully saturated rings. The quantitative estimate of drug-likeness (QED) is 0.546. The Morgan fingerprint density at radius 2 is 1.78 bits per heavy atom. The van der Waals surface area contributed by atoms with Gasteiger partial charge in [-0.25, -0.2) is 13.2 Å². The van der Waals surface area contributed by atoms with Crippen LogP contribution in [0.25, 0.3) is 22.5 Å². The Labute approximate surface area is 204 Å². The maximum atomic E-state index is 13.1. The Morgan fingerprint density at radius 3 is 2.36 bits per heavy atom. The van der Waals surface area contributed by atoms with Gasteiger partial charge in [-0.05, 0) is 30.3 Å². The number of nitriles is 1. The third-order valence-corrected chi connectivity index (χ3v) is 6.64. The molecule has 0 aliphatic carbocycles. The topological polar surface area (TPSA) is 117 Å². The number of hydrogen-bond donors (Lipinski definition) is 1. The summed E-state index contributed by atoms with van der Waals surface area (Å²) in [5.41, 5.74) is 1.37. The van der Waals surface area contributed by atoms with Crippen molar-refractivity contribution in [3.8, 4) is 28.6 Å². The molecule has 1 saturated heterocycles. The number of nitrogens with zero attached hydrogens (tertiary/aromatic N) is 4. The summed E-state index contributed by atoms with van der Waals surface area (Å²) in [5, 5.41) is 12.8. The van der Waals surface area contributed by atoms with Gasteiger partial charge in [0.1, 0.15) is 6.07 Å². The predicted molar refractivity (Wildman–Crippen MR) is 124 cm³/mol. The van der Waals surface area contributed by atoms with Crippen LogP contribution in [0.5, 0.6) is 0 Å². The number of carbonyl (C=O) groups is 1. The van der Waals surface area contributed by atoms with Crippen LogP contribution in [0.15, 0.2) is 53.6 Å². The number of aromatic nitrogens is 2. The largest absolute Gasteiger partial charge is 0.493 e. The zero-order chi connectivity index (χ0) is 26.1. The highest BCUT2D eigenvalue weighted by molar-refractivity contribution is 7.90. The smallest absolute Gasteiger partial charge is 0.352 e. The number of anilines is 1. The van der Waals surface area contributed by atoms with Gasteiger partial charge in [-0.1, -0.05) is 12.1 Å². The Balaban J connectivity index is 1.82. The molecule has 3 aromatic rings. The summed E-state index contributed by atoms with van der Waals surface area (Å²) >= 11 is 0. The van der Waals surface area contributed by atoms with Crippen molar-refractivity contribution >= 4 is 21.6 Å². The Morgan fingerprint density at radius 1 is 1.11 bits per heavy atom. The third-order valence-electron chi connectivity index (χ3n) is 5.51. The molecule has 13 heteroatoms. The number of alkyl halides is 3. The Hall–Kier alpha value is -3.89. The lowest BCUT2D eigenvalue weighted by molar-refractivity contribution is -0.199. The fraction of sp³-hybridized carbons (Fsp3) is 0.261. The first kappa shape index (κ1) is 25.2. The van der Waals surface area contributed by atoms with E-state index in [2.05, 4.69) is 10.3 Å². The van der Waals surface area contributed by atoms with Gasteiger partial charge in [-0.2, -0.15) is 23.2 Å². The lowest BCUT2D eigenvalue weighted by Gasteiger charge is -2.30. The number of rotatable bonds is 5. The molecule has 1 aromatic carbocycles. The summed E-state index contributed by atoms with van der Waals surface area (Å²) in [4.78, 5) is 22.7. The highest BCUT2D eigenvalue weighted by Gasteiger charge is 2.43. The maximum Gasteiger partial charge on any atom is 0.493 e. The molecule has 4 rings (SSSR count). The molecule has 36 heavy (non-hydrogen) atoms. The van der Waals surface area contributed by atoms with Gasteiger partial charge in [0.05, 0.1) is 21.8 Å². The van der Waals surface area contributed by atoms with Crippen LogP contribution in [0, 0.1) is 11.3 Å². The molecule has 0 spiro atoms. The van der Waals surface area contributed by atoms with Crippen molar-refractivity contribution in [3.63, 3.8) is 0 Å². The molecule has 3 heterocycles. The lowest BCUT2D eigenvalue weighted by atomic mass is 10.1. The lowest BCUT2D eigenvalue weighted by Crippen LogP contribution is -2.45. The first-order valence-corrected chi connectivity index (χ1v) is 12.6. The van der Waals surface area contributed by atoms with E-state index in [1.807, 2.05) is 6.07 Å². The monoisotopic (exact) mass is 519 g/mol. The number of piperazine rings is 1. The number of sulfone groups is 1. The van der Waals surface area contributed by atoms with E-state index in [-0.39, 0.29) is 22.0 Å². The van der Waals surface area contributed by atoms with E-state index in [4.69, 9.17) is 4.84 Å². The summed E-state index contributed by atoms with van der Waals surface area (Å²) < 4.78 is 63.5. The number of halogens is 3.